The first-order valence-corrected chi connectivity index (χ1v) is 9.12. The number of hydrogen-bond acceptors (Lipinski definition) is 4. The summed E-state index contributed by atoms with van der Waals surface area (Å²) in [6, 6.07) is 4.83. The Morgan fingerprint density at radius 1 is 1.27 bits per heavy atom. The minimum absolute atomic E-state index is 0.0897. The largest absolute Gasteiger partial charge is 0.493 e. The van der Waals surface area contributed by atoms with Gasteiger partial charge < -0.3 is 19.7 Å². The number of benzene rings is 1. The highest BCUT2D eigenvalue weighted by atomic mass is 19.3. The van der Waals surface area contributed by atoms with E-state index in [1.54, 1.807) is 0 Å². The quantitative estimate of drug-likeness (QED) is 0.674. The Hall–Kier alpha value is -1.89. The summed E-state index contributed by atoms with van der Waals surface area (Å²) in [5.41, 5.74) is 0.351. The molecule has 0 unspecified atom stereocenters. The average molecular weight is 370 g/mol. The molecule has 0 aromatic heterocycles. The van der Waals surface area contributed by atoms with Gasteiger partial charge in [0.2, 0.25) is 0 Å². The molecule has 1 fully saturated rings. The van der Waals surface area contributed by atoms with Gasteiger partial charge in [0.15, 0.2) is 11.5 Å². The molecule has 1 amide bonds. The minimum atomic E-state index is -2.94. The molecule has 0 heterocycles. The van der Waals surface area contributed by atoms with Crippen molar-refractivity contribution in [2.45, 2.75) is 51.2 Å². The molecule has 0 aliphatic heterocycles. The van der Waals surface area contributed by atoms with Gasteiger partial charge in [-0.25, -0.2) is 0 Å². The van der Waals surface area contributed by atoms with E-state index in [4.69, 9.17) is 4.74 Å². The summed E-state index contributed by atoms with van der Waals surface area (Å²) in [5, 5.41) is 2.86. The summed E-state index contributed by atoms with van der Waals surface area (Å²) < 4.78 is 34.1. The summed E-state index contributed by atoms with van der Waals surface area (Å²) in [6.07, 6.45) is 7.33. The average Bonchev–Trinajstić information content (AvgIpc) is 2.65. The fraction of sp³-hybridized carbons (Fsp3) is 0.632. The fourth-order valence-corrected chi connectivity index (χ4v) is 3.34. The topological polar surface area (TPSA) is 50.8 Å². The van der Waals surface area contributed by atoms with Crippen molar-refractivity contribution in [1.29, 1.82) is 0 Å². The molecule has 1 N–H and O–H groups in total. The molecular formula is C19H28F2N2O3. The smallest absolute Gasteiger partial charge is 0.387 e. The Morgan fingerprint density at radius 3 is 2.65 bits per heavy atom. The van der Waals surface area contributed by atoms with Crippen LogP contribution in [-0.2, 0) is 0 Å². The Kier molecular flexibility index (Phi) is 8.09. The maximum Gasteiger partial charge on any atom is 0.387 e. The summed E-state index contributed by atoms with van der Waals surface area (Å²) in [4.78, 5) is 14.6. The summed E-state index contributed by atoms with van der Waals surface area (Å²) >= 11 is 0. The zero-order chi connectivity index (χ0) is 18.9. The molecule has 0 radical (unpaired) electrons. The monoisotopic (exact) mass is 370 g/mol. The first-order chi connectivity index (χ1) is 12.5. The van der Waals surface area contributed by atoms with Crippen LogP contribution in [0.5, 0.6) is 11.5 Å². The summed E-state index contributed by atoms with van der Waals surface area (Å²) in [6.45, 7) is -1.44. The van der Waals surface area contributed by atoms with Crippen LogP contribution in [0.2, 0.25) is 0 Å². The van der Waals surface area contributed by atoms with Crippen molar-refractivity contribution in [3.63, 3.8) is 0 Å². The lowest BCUT2D eigenvalue weighted by atomic mass is 9.94. The number of nitrogens with one attached hydrogen (secondary N) is 1. The zero-order valence-electron chi connectivity index (χ0n) is 15.5. The standard InChI is InChI=1S/C19H28F2N2O3/c1-23(15-7-4-3-5-8-15)12-6-11-22-18(24)14-9-10-16(26-19(20)21)17(13-14)25-2/h9-10,13,15,19H,3-8,11-12H2,1-2H3,(H,22,24). The van der Waals surface area contributed by atoms with E-state index in [0.29, 0.717) is 18.2 Å². The van der Waals surface area contributed by atoms with E-state index >= 15 is 0 Å². The summed E-state index contributed by atoms with van der Waals surface area (Å²) in [5.74, 6) is -0.240. The van der Waals surface area contributed by atoms with Crippen molar-refractivity contribution in [1.82, 2.24) is 10.2 Å². The van der Waals surface area contributed by atoms with E-state index in [9.17, 15) is 13.6 Å². The van der Waals surface area contributed by atoms with Crippen molar-refractivity contribution in [3.8, 4) is 11.5 Å². The van der Waals surface area contributed by atoms with Crippen LogP contribution in [0.25, 0.3) is 0 Å². The first-order valence-electron chi connectivity index (χ1n) is 9.12. The number of rotatable bonds is 9. The molecule has 0 atom stereocenters. The van der Waals surface area contributed by atoms with Crippen LogP contribution in [0.3, 0.4) is 0 Å². The number of alkyl halides is 2. The lowest BCUT2D eigenvalue weighted by Crippen LogP contribution is -2.35. The molecule has 1 aromatic carbocycles. The van der Waals surface area contributed by atoms with Gasteiger partial charge in [0, 0.05) is 18.2 Å². The Balaban J connectivity index is 1.78. The van der Waals surface area contributed by atoms with Crippen molar-refractivity contribution >= 4 is 5.91 Å². The zero-order valence-corrected chi connectivity index (χ0v) is 15.5. The number of ether oxygens (including phenoxy) is 2. The van der Waals surface area contributed by atoms with Crippen molar-refractivity contribution in [2.75, 3.05) is 27.2 Å². The van der Waals surface area contributed by atoms with Gasteiger partial charge in [-0.3, -0.25) is 4.79 Å². The van der Waals surface area contributed by atoms with Gasteiger partial charge in [-0.15, -0.1) is 0 Å². The molecule has 1 saturated carbocycles. The van der Waals surface area contributed by atoms with Gasteiger partial charge in [0.25, 0.3) is 5.91 Å². The van der Waals surface area contributed by atoms with Crippen LogP contribution in [0.4, 0.5) is 8.78 Å². The third kappa shape index (κ3) is 6.12. The normalized spacial score (nSPS) is 15.3. The maximum absolute atomic E-state index is 12.3. The molecule has 2 rings (SSSR count). The second kappa shape index (κ2) is 10.3. The molecule has 5 nitrogen and oxygen atoms in total. The maximum atomic E-state index is 12.3. The van der Waals surface area contributed by atoms with Crippen molar-refractivity contribution < 1.29 is 23.0 Å². The van der Waals surface area contributed by atoms with Crippen LogP contribution < -0.4 is 14.8 Å². The molecule has 26 heavy (non-hydrogen) atoms. The third-order valence-electron chi connectivity index (χ3n) is 4.81. The van der Waals surface area contributed by atoms with Gasteiger partial charge in [-0.1, -0.05) is 19.3 Å². The second-order valence-corrected chi connectivity index (χ2v) is 6.63. The summed E-state index contributed by atoms with van der Waals surface area (Å²) in [7, 11) is 3.49. The molecule has 7 heteroatoms. The lowest BCUT2D eigenvalue weighted by molar-refractivity contribution is -0.0512. The lowest BCUT2D eigenvalue weighted by Gasteiger charge is -2.31. The molecule has 1 aliphatic carbocycles. The van der Waals surface area contributed by atoms with E-state index < -0.39 is 6.61 Å². The number of halogens is 2. The van der Waals surface area contributed by atoms with E-state index in [2.05, 4.69) is 22.0 Å². The SMILES string of the molecule is COc1cc(C(=O)NCCCN(C)C2CCCCC2)ccc1OC(F)F. The van der Waals surface area contributed by atoms with E-state index in [0.717, 1.165) is 13.0 Å². The van der Waals surface area contributed by atoms with Crippen molar-refractivity contribution in [3.05, 3.63) is 23.8 Å². The minimum Gasteiger partial charge on any atom is -0.493 e. The van der Waals surface area contributed by atoms with Gasteiger partial charge in [-0.2, -0.15) is 8.78 Å². The van der Waals surface area contributed by atoms with Gasteiger partial charge in [-0.05, 0) is 51.1 Å². The number of carbonyl (C=O) groups is 1. The predicted molar refractivity (Wildman–Crippen MR) is 96.1 cm³/mol. The third-order valence-corrected chi connectivity index (χ3v) is 4.81. The van der Waals surface area contributed by atoms with Gasteiger partial charge >= 0.3 is 6.61 Å². The highest BCUT2D eigenvalue weighted by Crippen LogP contribution is 2.29. The van der Waals surface area contributed by atoms with Crippen LogP contribution in [-0.4, -0.2) is 50.7 Å². The Morgan fingerprint density at radius 2 is 2.00 bits per heavy atom. The highest BCUT2D eigenvalue weighted by Gasteiger charge is 2.17. The Labute approximate surface area is 153 Å². The van der Waals surface area contributed by atoms with E-state index in [1.807, 2.05) is 0 Å². The first kappa shape index (κ1) is 20.4. The molecule has 0 spiro atoms. The highest BCUT2D eigenvalue weighted by molar-refractivity contribution is 5.94. The fourth-order valence-electron chi connectivity index (χ4n) is 3.34. The van der Waals surface area contributed by atoms with E-state index in [1.165, 1.54) is 57.4 Å². The predicted octanol–water partition coefficient (Wildman–Crippen LogP) is 3.68. The van der Waals surface area contributed by atoms with E-state index in [-0.39, 0.29) is 17.4 Å². The number of carbonyl (C=O) groups excluding carboxylic acids is 1. The molecule has 1 aliphatic rings. The Bertz CT molecular complexity index is 578. The second-order valence-electron chi connectivity index (χ2n) is 6.63. The number of methoxy groups -OCH3 is 1. The number of nitrogens with zero attached hydrogens (tertiary/aromatic N) is 1. The molecule has 146 valence electrons. The molecule has 0 saturated heterocycles. The molecule has 1 aromatic rings. The number of amides is 1. The van der Waals surface area contributed by atoms with Crippen LogP contribution in [0.15, 0.2) is 18.2 Å². The van der Waals surface area contributed by atoms with Gasteiger partial charge in [0.05, 0.1) is 7.11 Å². The van der Waals surface area contributed by atoms with Crippen molar-refractivity contribution in [2.24, 2.45) is 0 Å². The molecular weight excluding hydrogens is 342 g/mol. The molecule has 0 bridgehead atoms. The number of hydrogen-bond donors (Lipinski definition) is 1. The van der Waals surface area contributed by atoms with Crippen LogP contribution in [0, 0.1) is 0 Å². The van der Waals surface area contributed by atoms with Gasteiger partial charge in [0.1, 0.15) is 0 Å². The van der Waals surface area contributed by atoms with Crippen LogP contribution >= 0.6 is 0 Å². The van der Waals surface area contributed by atoms with Crippen LogP contribution in [0.1, 0.15) is 48.9 Å².